The van der Waals surface area contributed by atoms with Crippen LogP contribution < -0.4 is 10.6 Å². The zero-order chi connectivity index (χ0) is 11.4. The Hall–Kier alpha value is -1.43. The molecule has 2 rings (SSSR count). The van der Waals surface area contributed by atoms with Crippen LogP contribution in [0.15, 0.2) is 6.20 Å². The topological polar surface area (TPSA) is 76.4 Å². The van der Waals surface area contributed by atoms with Crippen molar-refractivity contribution in [3.8, 4) is 0 Å². The van der Waals surface area contributed by atoms with Crippen molar-refractivity contribution in [2.45, 2.75) is 32.4 Å². The molecule has 1 aromatic rings. The van der Waals surface area contributed by atoms with Crippen LogP contribution in [0, 0.1) is 0 Å². The summed E-state index contributed by atoms with van der Waals surface area (Å²) >= 11 is 0. The van der Waals surface area contributed by atoms with E-state index in [1.165, 1.54) is 6.92 Å². The number of quaternary nitrogens is 1. The van der Waals surface area contributed by atoms with Gasteiger partial charge in [0.05, 0.1) is 31.9 Å². The summed E-state index contributed by atoms with van der Waals surface area (Å²) in [6.45, 7) is 4.28. The highest BCUT2D eigenvalue weighted by atomic mass is 16.1. The van der Waals surface area contributed by atoms with Crippen molar-refractivity contribution >= 4 is 5.91 Å². The van der Waals surface area contributed by atoms with E-state index in [2.05, 4.69) is 20.9 Å². The molecule has 0 aliphatic carbocycles. The first-order valence-electron chi connectivity index (χ1n) is 5.72. The van der Waals surface area contributed by atoms with Gasteiger partial charge in [-0.2, -0.15) is 0 Å². The van der Waals surface area contributed by atoms with Gasteiger partial charge in [-0.3, -0.25) is 4.79 Å². The van der Waals surface area contributed by atoms with Crippen LogP contribution >= 0.6 is 0 Å². The summed E-state index contributed by atoms with van der Waals surface area (Å²) in [6, 6.07) is 0.476. The average molecular weight is 224 g/mol. The molecule has 16 heavy (non-hydrogen) atoms. The lowest BCUT2D eigenvalue weighted by Crippen LogP contribution is -2.86. The van der Waals surface area contributed by atoms with Crippen molar-refractivity contribution in [3.63, 3.8) is 0 Å². The molecule has 1 aliphatic heterocycles. The fourth-order valence-electron chi connectivity index (χ4n) is 1.96. The lowest BCUT2D eigenvalue weighted by Gasteiger charge is -2.19. The Balaban J connectivity index is 1.93. The summed E-state index contributed by atoms with van der Waals surface area (Å²) in [5.41, 5.74) is 0.824. The maximum atomic E-state index is 10.8. The summed E-state index contributed by atoms with van der Waals surface area (Å²) in [7, 11) is 0. The number of nitrogens with zero attached hydrogens (tertiary/aromatic N) is 3. The normalized spacial score (nSPS) is 17.3. The third kappa shape index (κ3) is 2.79. The van der Waals surface area contributed by atoms with Gasteiger partial charge >= 0.3 is 0 Å². The molecule has 0 spiro atoms. The highest BCUT2D eigenvalue weighted by Crippen LogP contribution is 2.14. The van der Waals surface area contributed by atoms with Gasteiger partial charge in [0.2, 0.25) is 5.91 Å². The fourth-order valence-corrected chi connectivity index (χ4v) is 1.96. The number of rotatable bonds is 3. The van der Waals surface area contributed by atoms with Crippen molar-refractivity contribution in [1.82, 2.24) is 20.3 Å². The second-order valence-corrected chi connectivity index (χ2v) is 4.20. The van der Waals surface area contributed by atoms with Crippen LogP contribution in [-0.4, -0.2) is 34.0 Å². The van der Waals surface area contributed by atoms with Gasteiger partial charge in [-0.25, -0.2) is 4.68 Å². The van der Waals surface area contributed by atoms with Gasteiger partial charge in [-0.1, -0.05) is 5.21 Å². The SMILES string of the molecule is CC(=O)NCc1cn(C2CC[NH2+]CC2)nn1. The van der Waals surface area contributed by atoms with Crippen LogP contribution in [-0.2, 0) is 11.3 Å². The van der Waals surface area contributed by atoms with E-state index >= 15 is 0 Å². The first kappa shape index (κ1) is 11.1. The van der Waals surface area contributed by atoms with E-state index in [0.717, 1.165) is 31.6 Å². The summed E-state index contributed by atoms with van der Waals surface area (Å²) in [5, 5.41) is 13.2. The van der Waals surface area contributed by atoms with Gasteiger partial charge < -0.3 is 10.6 Å². The van der Waals surface area contributed by atoms with E-state index in [1.807, 2.05) is 10.9 Å². The van der Waals surface area contributed by atoms with E-state index < -0.39 is 0 Å². The molecule has 6 nitrogen and oxygen atoms in total. The third-order valence-corrected chi connectivity index (χ3v) is 2.86. The molecule has 1 fully saturated rings. The smallest absolute Gasteiger partial charge is 0.217 e. The number of carbonyl (C=O) groups excluding carboxylic acids is 1. The third-order valence-electron chi connectivity index (χ3n) is 2.86. The summed E-state index contributed by atoms with van der Waals surface area (Å²) in [5.74, 6) is -0.0400. The quantitative estimate of drug-likeness (QED) is 0.678. The molecule has 1 amide bonds. The molecular formula is C10H18N5O+. The number of nitrogens with two attached hydrogens (primary N) is 1. The summed E-state index contributed by atoms with van der Waals surface area (Å²) in [4.78, 5) is 10.8. The lowest BCUT2D eigenvalue weighted by molar-refractivity contribution is -0.664. The van der Waals surface area contributed by atoms with Gasteiger partial charge in [0.1, 0.15) is 5.69 Å². The molecule has 0 bridgehead atoms. The molecule has 1 saturated heterocycles. The monoisotopic (exact) mass is 224 g/mol. The number of nitrogens with one attached hydrogen (secondary N) is 1. The van der Waals surface area contributed by atoms with E-state index in [9.17, 15) is 4.79 Å². The van der Waals surface area contributed by atoms with Crippen molar-refractivity contribution in [2.24, 2.45) is 0 Å². The van der Waals surface area contributed by atoms with Gasteiger partial charge in [0, 0.05) is 19.8 Å². The second-order valence-electron chi connectivity index (χ2n) is 4.20. The van der Waals surface area contributed by atoms with Gasteiger partial charge in [-0.15, -0.1) is 5.10 Å². The fraction of sp³-hybridized carbons (Fsp3) is 0.700. The zero-order valence-electron chi connectivity index (χ0n) is 9.52. The predicted molar refractivity (Wildman–Crippen MR) is 57.5 cm³/mol. The minimum Gasteiger partial charge on any atom is -0.351 e. The van der Waals surface area contributed by atoms with E-state index in [-0.39, 0.29) is 5.91 Å². The molecule has 6 heteroatoms. The Bertz CT molecular complexity index is 356. The molecule has 2 heterocycles. The van der Waals surface area contributed by atoms with Crippen LogP contribution in [0.25, 0.3) is 0 Å². The van der Waals surface area contributed by atoms with E-state index in [0.29, 0.717) is 12.6 Å². The second kappa shape index (κ2) is 5.07. The van der Waals surface area contributed by atoms with Crippen molar-refractivity contribution in [2.75, 3.05) is 13.1 Å². The average Bonchev–Trinajstić information content (AvgIpc) is 2.76. The summed E-state index contributed by atoms with van der Waals surface area (Å²) in [6.07, 6.45) is 4.22. The minimum absolute atomic E-state index is 0.0400. The number of amides is 1. The van der Waals surface area contributed by atoms with Crippen LogP contribution in [0.3, 0.4) is 0 Å². The molecular weight excluding hydrogens is 206 g/mol. The lowest BCUT2D eigenvalue weighted by atomic mass is 10.1. The molecule has 0 radical (unpaired) electrons. The molecule has 88 valence electrons. The molecule has 0 saturated carbocycles. The molecule has 3 N–H and O–H groups in total. The first-order valence-corrected chi connectivity index (χ1v) is 5.72. The number of hydrogen-bond donors (Lipinski definition) is 2. The maximum absolute atomic E-state index is 10.8. The zero-order valence-corrected chi connectivity index (χ0v) is 9.52. The highest BCUT2D eigenvalue weighted by molar-refractivity contribution is 5.72. The Morgan fingerprint density at radius 1 is 1.62 bits per heavy atom. The van der Waals surface area contributed by atoms with Crippen molar-refractivity contribution in [3.05, 3.63) is 11.9 Å². The van der Waals surface area contributed by atoms with Crippen LogP contribution in [0.5, 0.6) is 0 Å². The predicted octanol–water partition coefficient (Wildman–Crippen LogP) is -1.19. The van der Waals surface area contributed by atoms with Crippen molar-refractivity contribution in [1.29, 1.82) is 0 Å². The molecule has 0 unspecified atom stereocenters. The number of piperidine rings is 1. The van der Waals surface area contributed by atoms with Crippen LogP contribution in [0.2, 0.25) is 0 Å². The minimum atomic E-state index is -0.0400. The highest BCUT2D eigenvalue weighted by Gasteiger charge is 2.18. The Morgan fingerprint density at radius 3 is 3.06 bits per heavy atom. The Kier molecular flexibility index (Phi) is 3.51. The Morgan fingerprint density at radius 2 is 2.38 bits per heavy atom. The Labute approximate surface area is 94.4 Å². The summed E-state index contributed by atoms with van der Waals surface area (Å²) < 4.78 is 1.93. The van der Waals surface area contributed by atoms with E-state index in [4.69, 9.17) is 0 Å². The molecule has 0 atom stereocenters. The van der Waals surface area contributed by atoms with Gasteiger partial charge in [0.25, 0.3) is 0 Å². The number of carbonyl (C=O) groups is 1. The standard InChI is InChI=1S/C10H17N5O/c1-8(16)12-6-9-7-15(14-13-9)10-2-4-11-5-3-10/h7,10-11H,2-6H2,1H3,(H,12,16)/p+1. The first-order chi connectivity index (χ1) is 7.75. The molecule has 0 aromatic carbocycles. The van der Waals surface area contributed by atoms with Crippen LogP contribution in [0.1, 0.15) is 31.5 Å². The van der Waals surface area contributed by atoms with E-state index in [1.54, 1.807) is 0 Å². The van der Waals surface area contributed by atoms with Crippen LogP contribution in [0.4, 0.5) is 0 Å². The number of aromatic nitrogens is 3. The molecule has 1 aliphatic rings. The number of hydrogen-bond acceptors (Lipinski definition) is 3. The maximum Gasteiger partial charge on any atom is 0.217 e. The van der Waals surface area contributed by atoms with Gasteiger partial charge in [0.15, 0.2) is 0 Å². The molecule has 1 aromatic heterocycles. The van der Waals surface area contributed by atoms with Gasteiger partial charge in [-0.05, 0) is 0 Å². The largest absolute Gasteiger partial charge is 0.351 e. The van der Waals surface area contributed by atoms with Crippen molar-refractivity contribution < 1.29 is 10.1 Å².